The van der Waals surface area contributed by atoms with E-state index in [1.807, 2.05) is 18.2 Å². The lowest BCUT2D eigenvalue weighted by Crippen LogP contribution is -2.52. The number of imide groups is 1. The highest BCUT2D eigenvalue weighted by Gasteiger charge is 2.53. The number of benzene rings is 2. The first kappa shape index (κ1) is 21.0. The minimum absolute atomic E-state index is 0.182. The first-order valence-corrected chi connectivity index (χ1v) is 10.9. The van der Waals surface area contributed by atoms with Gasteiger partial charge in [-0.1, -0.05) is 41.4 Å². The summed E-state index contributed by atoms with van der Waals surface area (Å²) < 4.78 is 5.34. The number of rotatable bonds is 5. The van der Waals surface area contributed by atoms with Crippen LogP contribution in [0.25, 0.3) is 0 Å². The molecule has 158 valence electrons. The van der Waals surface area contributed by atoms with Crippen molar-refractivity contribution in [2.24, 2.45) is 0 Å². The highest BCUT2D eigenvalue weighted by atomic mass is 35.5. The number of urea groups is 1. The number of methoxy groups -OCH3 is 1. The fourth-order valence-corrected chi connectivity index (χ4v) is 5.19. The van der Waals surface area contributed by atoms with Crippen molar-refractivity contribution in [2.75, 3.05) is 13.7 Å². The zero-order valence-corrected chi connectivity index (χ0v) is 18.3. The van der Waals surface area contributed by atoms with Crippen molar-refractivity contribution < 1.29 is 14.3 Å². The van der Waals surface area contributed by atoms with Gasteiger partial charge in [0, 0.05) is 16.6 Å². The molecule has 7 heteroatoms. The molecule has 2 aromatic carbocycles. The molecule has 0 aromatic heterocycles. The number of ether oxygens (including phenoxy) is 1. The fourth-order valence-electron chi connectivity index (χ4n) is 4.69. The fraction of sp³-hybridized carbons (Fsp3) is 0.391. The van der Waals surface area contributed by atoms with Gasteiger partial charge in [-0.05, 0) is 73.4 Å². The summed E-state index contributed by atoms with van der Waals surface area (Å²) in [7, 11) is 1.66. The number of hydrogen-bond donors (Lipinski definition) is 1. The summed E-state index contributed by atoms with van der Waals surface area (Å²) in [4.78, 5) is 27.1. The summed E-state index contributed by atoms with van der Waals surface area (Å²) in [5.41, 5.74) is 1.35. The Morgan fingerprint density at radius 2 is 1.90 bits per heavy atom. The Balaban J connectivity index is 1.48. The van der Waals surface area contributed by atoms with Crippen LogP contribution >= 0.6 is 23.2 Å². The van der Waals surface area contributed by atoms with Crippen LogP contribution < -0.4 is 10.1 Å². The summed E-state index contributed by atoms with van der Waals surface area (Å²) >= 11 is 12.3. The molecule has 3 amide bonds. The third-order valence-corrected chi connectivity index (χ3v) is 6.99. The highest BCUT2D eigenvalue weighted by Crippen LogP contribution is 2.43. The molecule has 1 heterocycles. The monoisotopic (exact) mass is 446 g/mol. The van der Waals surface area contributed by atoms with Gasteiger partial charge in [0.2, 0.25) is 0 Å². The van der Waals surface area contributed by atoms with E-state index in [1.54, 1.807) is 24.1 Å². The van der Waals surface area contributed by atoms with E-state index in [0.29, 0.717) is 41.8 Å². The number of carbonyl (C=O) groups excluding carboxylic acids is 2. The maximum Gasteiger partial charge on any atom is 0.325 e. The van der Waals surface area contributed by atoms with Crippen molar-refractivity contribution in [3.8, 4) is 5.75 Å². The molecule has 1 aliphatic carbocycles. The van der Waals surface area contributed by atoms with Crippen LogP contribution in [0.2, 0.25) is 10.0 Å². The molecule has 5 nitrogen and oxygen atoms in total. The van der Waals surface area contributed by atoms with Crippen molar-refractivity contribution in [3.05, 3.63) is 63.6 Å². The van der Waals surface area contributed by atoms with Crippen molar-refractivity contribution in [3.63, 3.8) is 0 Å². The quantitative estimate of drug-likeness (QED) is 0.642. The Morgan fingerprint density at radius 1 is 1.13 bits per heavy atom. The lowest BCUT2D eigenvalue weighted by atomic mass is 9.73. The normalized spacial score (nSPS) is 23.7. The Hall–Kier alpha value is -2.24. The molecule has 4 rings (SSSR count). The number of nitrogens with one attached hydrogen (secondary N) is 1. The minimum atomic E-state index is -0.772. The molecule has 1 spiro atoms. The van der Waals surface area contributed by atoms with E-state index in [9.17, 15) is 9.59 Å². The lowest BCUT2D eigenvalue weighted by Gasteiger charge is -2.41. The van der Waals surface area contributed by atoms with Gasteiger partial charge in [0.25, 0.3) is 5.91 Å². The summed E-state index contributed by atoms with van der Waals surface area (Å²) in [5, 5.41) is 3.68. The second-order valence-electron chi connectivity index (χ2n) is 7.98. The summed E-state index contributed by atoms with van der Waals surface area (Å²) in [6, 6.07) is 13.1. The Bertz CT molecular complexity index is 971. The average Bonchev–Trinajstić information content (AvgIpc) is 2.97. The maximum absolute atomic E-state index is 12.8. The van der Waals surface area contributed by atoms with E-state index >= 15 is 0 Å². The number of halogens is 2. The molecule has 1 aliphatic heterocycles. The number of hydrogen-bond acceptors (Lipinski definition) is 3. The Morgan fingerprint density at radius 3 is 2.60 bits per heavy atom. The van der Waals surface area contributed by atoms with Gasteiger partial charge < -0.3 is 9.64 Å². The lowest BCUT2D eigenvalue weighted by molar-refractivity contribution is -0.128. The first-order chi connectivity index (χ1) is 14.4. The van der Waals surface area contributed by atoms with Crippen LogP contribution in [0.15, 0.2) is 42.5 Å². The molecule has 2 fully saturated rings. The van der Waals surface area contributed by atoms with E-state index in [2.05, 4.69) is 17.4 Å². The van der Waals surface area contributed by atoms with Gasteiger partial charge >= 0.3 is 6.03 Å². The van der Waals surface area contributed by atoms with Crippen LogP contribution in [0.5, 0.6) is 5.75 Å². The van der Waals surface area contributed by atoms with Gasteiger partial charge in [-0.25, -0.2) is 4.79 Å². The van der Waals surface area contributed by atoms with Crippen LogP contribution in [-0.2, 0) is 11.2 Å². The van der Waals surface area contributed by atoms with Crippen LogP contribution in [0.3, 0.4) is 0 Å². The molecule has 0 bridgehead atoms. The summed E-state index contributed by atoms with van der Waals surface area (Å²) in [5.74, 6) is 1.00. The van der Waals surface area contributed by atoms with Crippen LogP contribution in [-0.4, -0.2) is 36.0 Å². The van der Waals surface area contributed by atoms with Crippen LogP contribution in [0.1, 0.15) is 42.7 Å². The molecule has 0 atom stereocenters. The van der Waals surface area contributed by atoms with Crippen molar-refractivity contribution in [1.29, 1.82) is 0 Å². The maximum atomic E-state index is 12.8. The van der Waals surface area contributed by atoms with Gasteiger partial charge in [0.15, 0.2) is 0 Å². The standard InChI is InChI=1S/C23H24Cl2N2O3/c1-30-19-4-2-3-17(13-19)15-7-10-23(11-8-15)21(28)26-22(29)27(23)12-9-16-5-6-18(24)14-20(16)25/h2-6,13-15H,7-12H2,1H3,(H,26,28,29). The van der Waals surface area contributed by atoms with Crippen molar-refractivity contribution in [1.82, 2.24) is 10.2 Å². The first-order valence-electron chi connectivity index (χ1n) is 10.1. The van der Waals surface area contributed by atoms with E-state index in [4.69, 9.17) is 27.9 Å². The number of amides is 3. The molecule has 1 saturated carbocycles. The van der Waals surface area contributed by atoms with Gasteiger partial charge in [-0.3, -0.25) is 10.1 Å². The molecule has 2 aromatic rings. The van der Waals surface area contributed by atoms with Gasteiger partial charge in [0.1, 0.15) is 11.3 Å². The summed E-state index contributed by atoms with van der Waals surface area (Å²) in [6.07, 6.45) is 3.53. The van der Waals surface area contributed by atoms with E-state index in [0.717, 1.165) is 24.2 Å². The van der Waals surface area contributed by atoms with Crippen molar-refractivity contribution >= 4 is 35.1 Å². The molecular weight excluding hydrogens is 423 g/mol. The zero-order valence-electron chi connectivity index (χ0n) is 16.8. The van der Waals surface area contributed by atoms with Gasteiger partial charge in [-0.15, -0.1) is 0 Å². The Labute approximate surface area is 186 Å². The molecule has 1 saturated heterocycles. The zero-order chi connectivity index (χ0) is 21.3. The van der Waals surface area contributed by atoms with Gasteiger partial charge in [-0.2, -0.15) is 0 Å². The second-order valence-corrected chi connectivity index (χ2v) is 8.82. The van der Waals surface area contributed by atoms with E-state index in [-0.39, 0.29) is 11.9 Å². The predicted molar refractivity (Wildman–Crippen MR) is 117 cm³/mol. The van der Waals surface area contributed by atoms with E-state index < -0.39 is 5.54 Å². The number of nitrogens with zero attached hydrogens (tertiary/aromatic N) is 1. The molecule has 30 heavy (non-hydrogen) atoms. The van der Waals surface area contributed by atoms with Gasteiger partial charge in [0.05, 0.1) is 7.11 Å². The molecule has 0 unspecified atom stereocenters. The molecular formula is C23H24Cl2N2O3. The third kappa shape index (κ3) is 3.88. The Kier molecular flexibility index (Phi) is 5.94. The smallest absolute Gasteiger partial charge is 0.325 e. The van der Waals surface area contributed by atoms with E-state index in [1.165, 1.54) is 5.56 Å². The third-order valence-electron chi connectivity index (χ3n) is 6.40. The second kappa shape index (κ2) is 8.48. The topological polar surface area (TPSA) is 58.6 Å². The largest absolute Gasteiger partial charge is 0.497 e. The van der Waals surface area contributed by atoms with Crippen LogP contribution in [0.4, 0.5) is 4.79 Å². The van der Waals surface area contributed by atoms with Crippen molar-refractivity contribution in [2.45, 2.75) is 43.6 Å². The minimum Gasteiger partial charge on any atom is -0.497 e. The molecule has 2 aliphatic rings. The van der Waals surface area contributed by atoms with Crippen LogP contribution in [0, 0.1) is 0 Å². The predicted octanol–water partition coefficient (Wildman–Crippen LogP) is 5.19. The molecule has 1 N–H and O–H groups in total. The molecule has 0 radical (unpaired) electrons. The summed E-state index contributed by atoms with van der Waals surface area (Å²) in [6.45, 7) is 0.433. The average molecular weight is 447 g/mol. The number of carbonyl (C=O) groups is 2. The SMILES string of the molecule is COc1cccc(C2CCC3(CC2)C(=O)NC(=O)N3CCc2ccc(Cl)cc2Cl)c1. The highest BCUT2D eigenvalue weighted by molar-refractivity contribution is 6.35.